The molecule has 0 bridgehead atoms. The topological polar surface area (TPSA) is 49.8 Å². The van der Waals surface area contributed by atoms with Crippen molar-refractivity contribution in [3.8, 4) is 0 Å². The lowest BCUT2D eigenvalue weighted by atomic mass is 10.3. The van der Waals surface area contributed by atoms with Crippen LogP contribution in [0.5, 0.6) is 0 Å². The molecule has 2 N–H and O–H groups in total. The summed E-state index contributed by atoms with van der Waals surface area (Å²) in [5.74, 6) is 0. The van der Waals surface area contributed by atoms with Crippen molar-refractivity contribution in [1.82, 2.24) is 9.78 Å². The molecule has 0 aromatic carbocycles. The van der Waals surface area contributed by atoms with Crippen molar-refractivity contribution in [2.24, 2.45) is 0 Å². The van der Waals surface area contributed by atoms with Crippen LogP contribution in [-0.4, -0.2) is 16.8 Å². The summed E-state index contributed by atoms with van der Waals surface area (Å²) in [6.45, 7) is 3.12. The second-order valence-corrected chi connectivity index (χ2v) is 3.38. The molecular formula is C8H12F3N3O. The summed E-state index contributed by atoms with van der Waals surface area (Å²) in [5.41, 5.74) is -2.18. The van der Waals surface area contributed by atoms with Crippen LogP contribution in [0.3, 0.4) is 0 Å². The van der Waals surface area contributed by atoms with E-state index in [-0.39, 0.29) is 0 Å². The van der Waals surface area contributed by atoms with E-state index < -0.39 is 29.2 Å². The number of hydrogen-bond acceptors (Lipinski definition) is 2. The standard InChI is InChI=1S/C8H12F3N3O/c1-4(2)14-6(8(9,10)11)5(12-3)7(15)13-14/h4,12H,1-3H3,(H,13,15). The number of nitrogens with one attached hydrogen (secondary N) is 2. The number of alkyl halides is 3. The number of halogens is 3. The van der Waals surface area contributed by atoms with Crippen LogP contribution in [0.4, 0.5) is 18.9 Å². The Morgan fingerprint density at radius 3 is 2.27 bits per heavy atom. The smallest absolute Gasteiger partial charge is 0.382 e. The molecule has 1 rings (SSSR count). The third kappa shape index (κ3) is 2.00. The van der Waals surface area contributed by atoms with Gasteiger partial charge in [0, 0.05) is 13.1 Å². The van der Waals surface area contributed by atoms with E-state index in [0.29, 0.717) is 0 Å². The van der Waals surface area contributed by atoms with Gasteiger partial charge in [0.2, 0.25) is 0 Å². The molecule has 7 heteroatoms. The van der Waals surface area contributed by atoms with Gasteiger partial charge < -0.3 is 5.32 Å². The number of aromatic nitrogens is 2. The Hall–Kier alpha value is -1.40. The van der Waals surface area contributed by atoms with Crippen LogP contribution in [0.2, 0.25) is 0 Å². The fourth-order valence-electron chi connectivity index (χ4n) is 1.35. The molecule has 15 heavy (non-hydrogen) atoms. The molecular weight excluding hydrogens is 211 g/mol. The maximum atomic E-state index is 12.6. The Balaban J connectivity index is 3.50. The third-order valence-electron chi connectivity index (χ3n) is 1.96. The molecule has 0 spiro atoms. The van der Waals surface area contributed by atoms with Crippen LogP contribution in [0, 0.1) is 0 Å². The first-order valence-corrected chi connectivity index (χ1v) is 4.38. The minimum Gasteiger partial charge on any atom is -0.382 e. The van der Waals surface area contributed by atoms with Gasteiger partial charge >= 0.3 is 6.18 Å². The first-order valence-electron chi connectivity index (χ1n) is 4.38. The molecule has 0 fully saturated rings. The Kier molecular flexibility index (Phi) is 2.83. The summed E-state index contributed by atoms with van der Waals surface area (Å²) in [7, 11) is 1.28. The number of hydrogen-bond donors (Lipinski definition) is 2. The van der Waals surface area contributed by atoms with Gasteiger partial charge in [0.25, 0.3) is 5.56 Å². The molecule has 0 saturated heterocycles. The molecule has 1 aromatic heterocycles. The van der Waals surface area contributed by atoms with Crippen molar-refractivity contribution >= 4 is 5.69 Å². The van der Waals surface area contributed by atoms with E-state index in [4.69, 9.17) is 0 Å². The molecule has 0 aliphatic heterocycles. The van der Waals surface area contributed by atoms with Gasteiger partial charge in [0.05, 0.1) is 0 Å². The van der Waals surface area contributed by atoms with Gasteiger partial charge in [-0.2, -0.15) is 13.2 Å². The average molecular weight is 223 g/mol. The second kappa shape index (κ2) is 3.63. The molecule has 0 aliphatic carbocycles. The normalized spacial score (nSPS) is 12.2. The van der Waals surface area contributed by atoms with Crippen molar-refractivity contribution in [2.45, 2.75) is 26.1 Å². The van der Waals surface area contributed by atoms with Gasteiger partial charge in [0.1, 0.15) is 5.69 Å². The number of H-pyrrole nitrogens is 1. The zero-order valence-corrected chi connectivity index (χ0v) is 8.57. The highest BCUT2D eigenvalue weighted by Gasteiger charge is 2.39. The van der Waals surface area contributed by atoms with E-state index in [9.17, 15) is 18.0 Å². The Bertz CT molecular complexity index is 402. The molecule has 0 saturated carbocycles. The Labute approximate surface area is 84.1 Å². The predicted octanol–water partition coefficient (Wildman–Crippen LogP) is 1.82. The van der Waals surface area contributed by atoms with E-state index >= 15 is 0 Å². The van der Waals surface area contributed by atoms with Crippen LogP contribution in [0.25, 0.3) is 0 Å². The van der Waals surface area contributed by atoms with Crippen LogP contribution in [-0.2, 0) is 6.18 Å². The third-order valence-corrected chi connectivity index (χ3v) is 1.96. The number of anilines is 1. The molecule has 1 heterocycles. The molecule has 86 valence electrons. The van der Waals surface area contributed by atoms with Crippen molar-refractivity contribution < 1.29 is 13.2 Å². The van der Waals surface area contributed by atoms with E-state index in [2.05, 4.69) is 10.4 Å². The number of nitrogens with zero attached hydrogens (tertiary/aromatic N) is 1. The van der Waals surface area contributed by atoms with E-state index in [1.165, 1.54) is 7.05 Å². The molecule has 0 atom stereocenters. The highest BCUT2D eigenvalue weighted by Crippen LogP contribution is 2.34. The van der Waals surface area contributed by atoms with E-state index in [1.54, 1.807) is 13.8 Å². The lowest BCUT2D eigenvalue weighted by Gasteiger charge is -2.15. The Morgan fingerprint density at radius 2 is 1.93 bits per heavy atom. The molecule has 0 radical (unpaired) electrons. The zero-order valence-electron chi connectivity index (χ0n) is 8.57. The zero-order chi connectivity index (χ0) is 11.8. The number of rotatable bonds is 2. The SMILES string of the molecule is CNc1c(C(F)(F)F)n(C(C)C)[nH]c1=O. The first-order chi connectivity index (χ1) is 6.79. The van der Waals surface area contributed by atoms with Crippen LogP contribution in [0.15, 0.2) is 4.79 Å². The summed E-state index contributed by atoms with van der Waals surface area (Å²) >= 11 is 0. The van der Waals surface area contributed by atoms with Gasteiger partial charge in [-0.3, -0.25) is 14.6 Å². The molecule has 4 nitrogen and oxygen atoms in total. The summed E-state index contributed by atoms with van der Waals surface area (Å²) in [6, 6.07) is -0.462. The lowest BCUT2D eigenvalue weighted by Crippen LogP contribution is -2.17. The Morgan fingerprint density at radius 1 is 1.40 bits per heavy atom. The van der Waals surface area contributed by atoms with E-state index in [1.807, 2.05) is 0 Å². The van der Waals surface area contributed by atoms with Crippen LogP contribution in [0.1, 0.15) is 25.6 Å². The number of aromatic amines is 1. The summed E-state index contributed by atoms with van der Waals surface area (Å²) in [6.07, 6.45) is -4.55. The maximum Gasteiger partial charge on any atom is 0.435 e. The molecule has 0 amide bonds. The first kappa shape index (κ1) is 11.7. The highest BCUT2D eigenvalue weighted by atomic mass is 19.4. The molecule has 0 aliphatic rings. The van der Waals surface area contributed by atoms with Crippen molar-refractivity contribution in [2.75, 3.05) is 12.4 Å². The largest absolute Gasteiger partial charge is 0.435 e. The highest BCUT2D eigenvalue weighted by molar-refractivity contribution is 5.47. The fraction of sp³-hybridized carbons (Fsp3) is 0.625. The summed E-state index contributed by atoms with van der Waals surface area (Å²) in [5, 5.41) is 4.41. The molecule has 1 aromatic rings. The lowest BCUT2D eigenvalue weighted by molar-refractivity contribution is -0.144. The van der Waals surface area contributed by atoms with Gasteiger partial charge in [-0.1, -0.05) is 0 Å². The van der Waals surface area contributed by atoms with Crippen molar-refractivity contribution in [3.05, 3.63) is 16.0 Å². The van der Waals surface area contributed by atoms with Crippen molar-refractivity contribution in [1.29, 1.82) is 0 Å². The minimum atomic E-state index is -4.55. The molecule has 0 unspecified atom stereocenters. The summed E-state index contributed by atoms with van der Waals surface area (Å²) in [4.78, 5) is 11.2. The van der Waals surface area contributed by atoms with Gasteiger partial charge in [-0.05, 0) is 13.8 Å². The summed E-state index contributed by atoms with van der Waals surface area (Å²) < 4.78 is 38.8. The maximum absolute atomic E-state index is 12.6. The van der Waals surface area contributed by atoms with Crippen LogP contribution >= 0.6 is 0 Å². The van der Waals surface area contributed by atoms with Gasteiger partial charge in [-0.25, -0.2) is 0 Å². The average Bonchev–Trinajstić information content (AvgIpc) is 2.41. The fourth-order valence-corrected chi connectivity index (χ4v) is 1.35. The van der Waals surface area contributed by atoms with Crippen LogP contribution < -0.4 is 10.9 Å². The second-order valence-electron chi connectivity index (χ2n) is 3.38. The van der Waals surface area contributed by atoms with Gasteiger partial charge in [-0.15, -0.1) is 0 Å². The van der Waals surface area contributed by atoms with E-state index in [0.717, 1.165) is 4.68 Å². The monoisotopic (exact) mass is 223 g/mol. The van der Waals surface area contributed by atoms with Gasteiger partial charge in [0.15, 0.2) is 5.69 Å². The minimum absolute atomic E-state index is 0.448. The quantitative estimate of drug-likeness (QED) is 0.803. The predicted molar refractivity (Wildman–Crippen MR) is 50.0 cm³/mol. The van der Waals surface area contributed by atoms with Crippen molar-refractivity contribution in [3.63, 3.8) is 0 Å².